The van der Waals surface area contributed by atoms with Crippen molar-refractivity contribution in [1.82, 2.24) is 0 Å². The molecule has 0 atom stereocenters. The van der Waals surface area contributed by atoms with E-state index in [1.807, 2.05) is 24.3 Å². The number of benzene rings is 2. The third-order valence-electron chi connectivity index (χ3n) is 3.21. The van der Waals surface area contributed by atoms with Crippen LogP contribution in [0.1, 0.15) is 16.7 Å². The molecule has 0 bridgehead atoms. The highest BCUT2D eigenvalue weighted by Crippen LogP contribution is 2.22. The van der Waals surface area contributed by atoms with Crippen LogP contribution in [-0.4, -0.2) is 0 Å². The molecule has 1 heteroatoms. The molecule has 0 aliphatic heterocycles. The Bertz CT molecular complexity index is 755. The molecule has 0 N–H and O–H groups in total. The van der Waals surface area contributed by atoms with Gasteiger partial charge in [0.1, 0.15) is 0 Å². The summed E-state index contributed by atoms with van der Waals surface area (Å²) in [6.07, 6.45) is 7.26. The molecule has 1 aliphatic carbocycles. The third-order valence-corrected chi connectivity index (χ3v) is 3.45. The van der Waals surface area contributed by atoms with E-state index in [-0.39, 0.29) is 0 Å². The highest BCUT2D eigenvalue weighted by atomic mass is 35.5. The van der Waals surface area contributed by atoms with Gasteiger partial charge in [-0.15, -0.1) is 0 Å². The van der Waals surface area contributed by atoms with Gasteiger partial charge in [0.15, 0.2) is 0 Å². The lowest BCUT2D eigenvalue weighted by molar-refractivity contribution is 1.26. The standard InChI is InChI=1S/C19H13Cl/c20-18-10-5-6-15(14-18)12-13-17-9-2-1-7-16-8-3-4-11-19(16)17/h1-6,8-11,14H,7H2. The summed E-state index contributed by atoms with van der Waals surface area (Å²) in [5.74, 6) is 6.45. The van der Waals surface area contributed by atoms with Crippen molar-refractivity contribution in [3.05, 3.63) is 88.5 Å². The van der Waals surface area contributed by atoms with E-state index in [0.29, 0.717) is 5.02 Å². The Morgan fingerprint density at radius 2 is 1.85 bits per heavy atom. The van der Waals surface area contributed by atoms with E-state index in [9.17, 15) is 0 Å². The van der Waals surface area contributed by atoms with Crippen molar-refractivity contribution in [3.63, 3.8) is 0 Å². The molecule has 0 fully saturated rings. The van der Waals surface area contributed by atoms with Gasteiger partial charge in [0.25, 0.3) is 0 Å². The van der Waals surface area contributed by atoms with E-state index < -0.39 is 0 Å². The molecule has 2 aromatic carbocycles. The summed E-state index contributed by atoms with van der Waals surface area (Å²) in [6, 6.07) is 16.0. The van der Waals surface area contributed by atoms with Crippen LogP contribution in [-0.2, 0) is 6.42 Å². The Balaban J connectivity index is 2.00. The zero-order valence-electron chi connectivity index (χ0n) is 10.9. The lowest BCUT2D eigenvalue weighted by Gasteiger charge is -2.04. The van der Waals surface area contributed by atoms with Crippen molar-refractivity contribution in [2.24, 2.45) is 0 Å². The lowest BCUT2D eigenvalue weighted by atomic mass is 9.99. The zero-order chi connectivity index (χ0) is 13.8. The quantitative estimate of drug-likeness (QED) is 0.601. The minimum absolute atomic E-state index is 0.715. The molecule has 1 aliphatic rings. The Morgan fingerprint density at radius 1 is 0.950 bits per heavy atom. The molecule has 20 heavy (non-hydrogen) atoms. The molecular formula is C19H13Cl. The fraction of sp³-hybridized carbons (Fsp3) is 0.0526. The lowest BCUT2D eigenvalue weighted by Crippen LogP contribution is -1.89. The van der Waals surface area contributed by atoms with Gasteiger partial charge >= 0.3 is 0 Å². The van der Waals surface area contributed by atoms with Gasteiger partial charge in [-0.3, -0.25) is 0 Å². The average Bonchev–Trinajstić information content (AvgIpc) is 2.67. The van der Waals surface area contributed by atoms with E-state index >= 15 is 0 Å². The molecule has 2 aromatic rings. The van der Waals surface area contributed by atoms with E-state index in [4.69, 9.17) is 11.6 Å². The van der Waals surface area contributed by atoms with Gasteiger partial charge in [-0.05, 0) is 41.8 Å². The van der Waals surface area contributed by atoms with Crippen molar-refractivity contribution >= 4 is 17.2 Å². The SMILES string of the molecule is Clc1cccc(C#CC2=CC=CCc3ccccc32)c1. The summed E-state index contributed by atoms with van der Waals surface area (Å²) >= 11 is 5.98. The van der Waals surface area contributed by atoms with Crippen LogP contribution in [0.25, 0.3) is 5.57 Å². The third kappa shape index (κ3) is 2.85. The summed E-state index contributed by atoms with van der Waals surface area (Å²) in [4.78, 5) is 0. The monoisotopic (exact) mass is 276 g/mol. The number of fused-ring (bicyclic) bond motifs is 1. The maximum Gasteiger partial charge on any atom is 0.0418 e. The maximum absolute atomic E-state index is 5.98. The number of rotatable bonds is 0. The molecule has 0 saturated carbocycles. The summed E-state index contributed by atoms with van der Waals surface area (Å²) in [5.41, 5.74) is 4.51. The molecule has 0 nitrogen and oxygen atoms in total. The van der Waals surface area contributed by atoms with Crippen LogP contribution in [0.4, 0.5) is 0 Å². The second kappa shape index (κ2) is 5.82. The predicted octanol–water partition coefficient (Wildman–Crippen LogP) is 4.89. The van der Waals surface area contributed by atoms with Crippen LogP contribution >= 0.6 is 11.6 Å². The van der Waals surface area contributed by atoms with Crippen molar-refractivity contribution in [3.8, 4) is 11.8 Å². The van der Waals surface area contributed by atoms with E-state index in [1.54, 1.807) is 0 Å². The molecule has 0 amide bonds. The van der Waals surface area contributed by atoms with Crippen LogP contribution in [0.2, 0.25) is 5.02 Å². The van der Waals surface area contributed by atoms with Gasteiger partial charge in [0.2, 0.25) is 0 Å². The molecule has 0 aromatic heterocycles. The van der Waals surface area contributed by atoms with Crippen LogP contribution in [0.5, 0.6) is 0 Å². The van der Waals surface area contributed by atoms with Crippen molar-refractivity contribution in [2.75, 3.05) is 0 Å². The number of hydrogen-bond donors (Lipinski definition) is 0. The largest absolute Gasteiger partial charge is 0.0843 e. The molecule has 0 radical (unpaired) electrons. The first kappa shape index (κ1) is 12.8. The van der Waals surface area contributed by atoms with Gasteiger partial charge in [-0.2, -0.15) is 0 Å². The van der Waals surface area contributed by atoms with E-state index in [2.05, 4.69) is 54.3 Å². The van der Waals surface area contributed by atoms with Crippen LogP contribution in [0.15, 0.2) is 66.8 Å². The van der Waals surface area contributed by atoms with Crippen LogP contribution < -0.4 is 0 Å². The van der Waals surface area contributed by atoms with Crippen molar-refractivity contribution in [1.29, 1.82) is 0 Å². The Hall–Kier alpha value is -2.23. The van der Waals surface area contributed by atoms with Gasteiger partial charge in [-0.25, -0.2) is 0 Å². The van der Waals surface area contributed by atoms with Gasteiger partial charge in [0.05, 0.1) is 0 Å². The molecular weight excluding hydrogens is 264 g/mol. The number of halogens is 1. The minimum atomic E-state index is 0.715. The van der Waals surface area contributed by atoms with E-state index in [0.717, 1.165) is 17.6 Å². The maximum atomic E-state index is 5.98. The summed E-state index contributed by atoms with van der Waals surface area (Å²) in [6.45, 7) is 0. The Labute approximate surface area is 124 Å². The first-order valence-corrected chi connectivity index (χ1v) is 6.93. The number of allylic oxidation sites excluding steroid dienone is 4. The Kier molecular flexibility index (Phi) is 3.72. The fourth-order valence-corrected chi connectivity index (χ4v) is 2.42. The van der Waals surface area contributed by atoms with Gasteiger partial charge in [0, 0.05) is 16.2 Å². The second-order valence-corrected chi connectivity index (χ2v) is 5.07. The minimum Gasteiger partial charge on any atom is -0.0843 e. The van der Waals surface area contributed by atoms with E-state index in [1.165, 1.54) is 11.1 Å². The van der Waals surface area contributed by atoms with Gasteiger partial charge in [-0.1, -0.05) is 65.9 Å². The van der Waals surface area contributed by atoms with Crippen molar-refractivity contribution in [2.45, 2.75) is 6.42 Å². The molecule has 0 saturated heterocycles. The number of hydrogen-bond acceptors (Lipinski definition) is 0. The molecule has 96 valence electrons. The van der Waals surface area contributed by atoms with Crippen molar-refractivity contribution < 1.29 is 0 Å². The Morgan fingerprint density at radius 3 is 2.75 bits per heavy atom. The zero-order valence-corrected chi connectivity index (χ0v) is 11.7. The molecule has 3 rings (SSSR count). The topological polar surface area (TPSA) is 0 Å². The highest BCUT2D eigenvalue weighted by molar-refractivity contribution is 6.30. The van der Waals surface area contributed by atoms with Crippen LogP contribution in [0, 0.1) is 11.8 Å². The summed E-state index contributed by atoms with van der Waals surface area (Å²) in [7, 11) is 0. The summed E-state index contributed by atoms with van der Waals surface area (Å²) in [5, 5.41) is 0.715. The predicted molar refractivity (Wildman–Crippen MR) is 85.6 cm³/mol. The molecule has 0 spiro atoms. The van der Waals surface area contributed by atoms with Crippen LogP contribution in [0.3, 0.4) is 0 Å². The van der Waals surface area contributed by atoms with Gasteiger partial charge < -0.3 is 0 Å². The molecule has 0 unspecified atom stereocenters. The first-order valence-electron chi connectivity index (χ1n) is 6.55. The highest BCUT2D eigenvalue weighted by Gasteiger charge is 2.05. The fourth-order valence-electron chi connectivity index (χ4n) is 2.22. The smallest absolute Gasteiger partial charge is 0.0418 e. The normalized spacial score (nSPS) is 12.8. The average molecular weight is 277 g/mol. The second-order valence-electron chi connectivity index (χ2n) is 4.63. The summed E-state index contributed by atoms with van der Waals surface area (Å²) < 4.78 is 0. The molecule has 0 heterocycles. The first-order chi connectivity index (χ1) is 9.83.